The van der Waals surface area contributed by atoms with Gasteiger partial charge in [-0.1, -0.05) is 15.9 Å². The van der Waals surface area contributed by atoms with Crippen LogP contribution in [0, 0.1) is 6.92 Å². The van der Waals surface area contributed by atoms with Crippen LogP contribution < -0.4 is 16.4 Å². The Bertz CT molecular complexity index is 548. The summed E-state index contributed by atoms with van der Waals surface area (Å²) in [6.07, 6.45) is -0.470. The number of rotatable bonds is 5. The van der Waals surface area contributed by atoms with E-state index in [0.717, 1.165) is 10.0 Å². The van der Waals surface area contributed by atoms with Crippen LogP contribution in [0.3, 0.4) is 0 Å². The fraction of sp³-hybridized carbons (Fsp3) is 0.250. The molecule has 0 saturated heterocycles. The van der Waals surface area contributed by atoms with Crippen molar-refractivity contribution in [3.8, 4) is 0 Å². The summed E-state index contributed by atoms with van der Waals surface area (Å²) in [5, 5.41) is 13.6. The van der Waals surface area contributed by atoms with E-state index in [2.05, 4.69) is 26.6 Å². The highest BCUT2D eigenvalue weighted by Crippen LogP contribution is 2.19. The van der Waals surface area contributed by atoms with Crippen molar-refractivity contribution in [2.75, 3.05) is 5.32 Å². The monoisotopic (exact) mass is 343 g/mol. The number of carboxylic acids is 1. The predicted octanol–water partition coefficient (Wildman–Crippen LogP) is 1.21. The smallest absolute Gasteiger partial charge is 0.326 e. The first-order chi connectivity index (χ1) is 9.29. The molecule has 0 radical (unpaired) electrons. The minimum atomic E-state index is -1.36. The molecule has 108 valence electrons. The summed E-state index contributed by atoms with van der Waals surface area (Å²) >= 11 is 3.29. The maximum atomic E-state index is 11.7. The highest BCUT2D eigenvalue weighted by Gasteiger charge is 2.22. The van der Waals surface area contributed by atoms with Gasteiger partial charge in [0.1, 0.15) is 6.04 Å². The zero-order valence-electron chi connectivity index (χ0n) is 10.6. The molecule has 3 amide bonds. The largest absolute Gasteiger partial charge is 0.480 e. The molecule has 0 aliphatic carbocycles. The Morgan fingerprint density at radius 2 is 2.05 bits per heavy atom. The first-order valence-electron chi connectivity index (χ1n) is 5.64. The lowest BCUT2D eigenvalue weighted by Gasteiger charge is -2.14. The Balaban J connectivity index is 2.70. The number of hydrogen-bond donors (Lipinski definition) is 4. The predicted molar refractivity (Wildman–Crippen MR) is 76.3 cm³/mol. The Hall–Kier alpha value is -2.09. The summed E-state index contributed by atoms with van der Waals surface area (Å²) in [5.41, 5.74) is 6.26. The molecule has 8 heteroatoms. The first-order valence-corrected chi connectivity index (χ1v) is 6.43. The van der Waals surface area contributed by atoms with Crippen LogP contribution in [0.5, 0.6) is 0 Å². The Morgan fingerprint density at radius 1 is 1.40 bits per heavy atom. The number of carbonyl (C=O) groups excluding carboxylic acids is 2. The number of primary amides is 1. The topological polar surface area (TPSA) is 122 Å². The average Bonchev–Trinajstić information content (AvgIpc) is 2.31. The number of benzene rings is 1. The molecule has 0 saturated carbocycles. The fourth-order valence-electron chi connectivity index (χ4n) is 1.49. The molecule has 7 nitrogen and oxygen atoms in total. The Kier molecular flexibility index (Phi) is 5.51. The summed E-state index contributed by atoms with van der Waals surface area (Å²) in [4.78, 5) is 33.3. The van der Waals surface area contributed by atoms with Crippen LogP contribution in [0.4, 0.5) is 10.5 Å². The standard InChI is InChI=1S/C12H14BrN3O4/c1-6-4-7(13)2-3-8(6)15-12(20)16-9(11(18)19)5-10(14)17/h2-4,9H,5H2,1H3,(H2,14,17)(H,18,19)(H2,15,16,20)/t9-/m0/s1. The third kappa shape index (κ3) is 4.88. The molecule has 0 heterocycles. The molecule has 0 aliphatic rings. The van der Waals surface area contributed by atoms with Crippen molar-refractivity contribution in [1.82, 2.24) is 5.32 Å². The van der Waals surface area contributed by atoms with E-state index in [1.807, 2.05) is 0 Å². The molecule has 20 heavy (non-hydrogen) atoms. The molecule has 0 aliphatic heterocycles. The van der Waals surface area contributed by atoms with E-state index in [1.54, 1.807) is 25.1 Å². The maximum Gasteiger partial charge on any atom is 0.326 e. The van der Waals surface area contributed by atoms with Crippen molar-refractivity contribution in [3.05, 3.63) is 28.2 Å². The molecule has 0 fully saturated rings. The van der Waals surface area contributed by atoms with Gasteiger partial charge < -0.3 is 21.5 Å². The van der Waals surface area contributed by atoms with E-state index in [9.17, 15) is 14.4 Å². The van der Waals surface area contributed by atoms with Crippen LogP contribution in [0.1, 0.15) is 12.0 Å². The van der Waals surface area contributed by atoms with Gasteiger partial charge in [-0.15, -0.1) is 0 Å². The number of halogens is 1. The Morgan fingerprint density at radius 3 is 2.55 bits per heavy atom. The van der Waals surface area contributed by atoms with Gasteiger partial charge in [-0.3, -0.25) is 4.79 Å². The maximum absolute atomic E-state index is 11.7. The van der Waals surface area contributed by atoms with Gasteiger partial charge in [-0.05, 0) is 30.7 Å². The number of urea groups is 1. The summed E-state index contributed by atoms with van der Waals surface area (Å²) in [6.45, 7) is 1.79. The molecular weight excluding hydrogens is 330 g/mol. The van der Waals surface area contributed by atoms with Crippen LogP contribution in [-0.2, 0) is 9.59 Å². The summed E-state index contributed by atoms with van der Waals surface area (Å²) in [5.74, 6) is -2.14. The van der Waals surface area contributed by atoms with E-state index >= 15 is 0 Å². The van der Waals surface area contributed by atoms with Gasteiger partial charge in [0.25, 0.3) is 0 Å². The molecule has 1 aromatic carbocycles. The molecule has 0 unspecified atom stereocenters. The normalized spacial score (nSPS) is 11.5. The van der Waals surface area contributed by atoms with Crippen molar-refractivity contribution in [2.24, 2.45) is 5.73 Å². The van der Waals surface area contributed by atoms with Crippen LogP contribution >= 0.6 is 15.9 Å². The summed E-state index contributed by atoms with van der Waals surface area (Å²) in [7, 11) is 0. The van der Waals surface area contributed by atoms with E-state index in [0.29, 0.717) is 5.69 Å². The molecule has 0 bridgehead atoms. The Labute approximate surface area is 123 Å². The van der Waals surface area contributed by atoms with Gasteiger partial charge in [0, 0.05) is 10.2 Å². The molecule has 0 spiro atoms. The number of aliphatic carboxylic acids is 1. The van der Waals surface area contributed by atoms with Gasteiger partial charge in [-0.25, -0.2) is 9.59 Å². The second-order valence-electron chi connectivity index (χ2n) is 4.12. The van der Waals surface area contributed by atoms with E-state index < -0.39 is 30.4 Å². The van der Waals surface area contributed by atoms with Crippen molar-refractivity contribution >= 4 is 39.5 Å². The van der Waals surface area contributed by atoms with Gasteiger partial charge in [0.2, 0.25) is 5.91 Å². The minimum absolute atomic E-state index is 0.470. The molecule has 0 aromatic heterocycles. The number of nitrogens with one attached hydrogen (secondary N) is 2. The van der Waals surface area contributed by atoms with Crippen LogP contribution in [0.15, 0.2) is 22.7 Å². The number of aryl methyl sites for hydroxylation is 1. The number of nitrogens with two attached hydrogens (primary N) is 1. The van der Waals surface area contributed by atoms with Crippen molar-refractivity contribution in [2.45, 2.75) is 19.4 Å². The van der Waals surface area contributed by atoms with Crippen molar-refractivity contribution in [1.29, 1.82) is 0 Å². The lowest BCUT2D eigenvalue weighted by molar-refractivity contribution is -0.140. The molecule has 1 aromatic rings. The third-order valence-corrected chi connectivity index (χ3v) is 2.94. The molecule has 1 atom stereocenters. The molecular formula is C12H14BrN3O4. The highest BCUT2D eigenvalue weighted by molar-refractivity contribution is 9.10. The van der Waals surface area contributed by atoms with Crippen LogP contribution in [-0.4, -0.2) is 29.1 Å². The van der Waals surface area contributed by atoms with Crippen LogP contribution in [0.25, 0.3) is 0 Å². The molecule has 5 N–H and O–H groups in total. The summed E-state index contributed by atoms with van der Waals surface area (Å²) < 4.78 is 0.859. The number of carboxylic acid groups (broad SMARTS) is 1. The van der Waals surface area contributed by atoms with E-state index in [1.165, 1.54) is 0 Å². The number of hydrogen-bond acceptors (Lipinski definition) is 3. The van der Waals surface area contributed by atoms with Crippen molar-refractivity contribution in [3.63, 3.8) is 0 Å². The minimum Gasteiger partial charge on any atom is -0.480 e. The first kappa shape index (κ1) is 16.0. The second-order valence-corrected chi connectivity index (χ2v) is 5.03. The average molecular weight is 344 g/mol. The number of anilines is 1. The van der Waals surface area contributed by atoms with Crippen LogP contribution in [0.2, 0.25) is 0 Å². The zero-order chi connectivity index (χ0) is 15.3. The van der Waals surface area contributed by atoms with Gasteiger partial charge in [0.05, 0.1) is 6.42 Å². The summed E-state index contributed by atoms with van der Waals surface area (Å²) in [6, 6.07) is 3.13. The second kappa shape index (κ2) is 6.90. The third-order valence-electron chi connectivity index (χ3n) is 2.45. The number of carbonyl (C=O) groups is 3. The highest BCUT2D eigenvalue weighted by atomic mass is 79.9. The lowest BCUT2D eigenvalue weighted by Crippen LogP contribution is -2.45. The lowest BCUT2D eigenvalue weighted by atomic mass is 10.2. The van der Waals surface area contributed by atoms with E-state index in [-0.39, 0.29) is 0 Å². The van der Waals surface area contributed by atoms with Gasteiger partial charge in [-0.2, -0.15) is 0 Å². The zero-order valence-corrected chi connectivity index (χ0v) is 12.2. The van der Waals surface area contributed by atoms with Crippen molar-refractivity contribution < 1.29 is 19.5 Å². The molecule has 1 rings (SSSR count). The number of amides is 3. The SMILES string of the molecule is Cc1cc(Br)ccc1NC(=O)N[C@@H](CC(N)=O)C(=O)O. The van der Waals surface area contributed by atoms with E-state index in [4.69, 9.17) is 10.8 Å². The van der Waals surface area contributed by atoms with Gasteiger partial charge in [0.15, 0.2) is 0 Å². The quantitative estimate of drug-likeness (QED) is 0.641. The van der Waals surface area contributed by atoms with Gasteiger partial charge >= 0.3 is 12.0 Å². The fourth-order valence-corrected chi connectivity index (χ4v) is 1.96.